The lowest BCUT2D eigenvalue weighted by Crippen LogP contribution is -2.22. The summed E-state index contributed by atoms with van der Waals surface area (Å²) < 4.78 is 18.8. The van der Waals surface area contributed by atoms with Crippen LogP contribution in [0.15, 0.2) is 45.9 Å². The summed E-state index contributed by atoms with van der Waals surface area (Å²) in [5.41, 5.74) is 1.56. The second-order valence-corrected chi connectivity index (χ2v) is 7.96. The topological polar surface area (TPSA) is 79.1 Å². The van der Waals surface area contributed by atoms with E-state index in [0.717, 1.165) is 20.3 Å². The van der Waals surface area contributed by atoms with E-state index in [4.69, 9.17) is 14.2 Å². The molecule has 1 aromatic heterocycles. The second kappa shape index (κ2) is 9.23. The standard InChI is InChI=1S/C20H19BrN2O5S/c1-26-15-7-4-12(8-16(15)27-2)9-18(24)22-20-23(11-19(25)28-3)14-6-5-13(21)10-17(14)29-20/h4-8,10H,9,11H2,1-3H3. The highest BCUT2D eigenvalue weighted by molar-refractivity contribution is 9.10. The molecule has 0 atom stereocenters. The summed E-state index contributed by atoms with van der Waals surface area (Å²) in [4.78, 5) is 29.2. The van der Waals surface area contributed by atoms with Crippen LogP contribution in [0.2, 0.25) is 0 Å². The minimum atomic E-state index is -0.415. The first kappa shape index (κ1) is 21.1. The molecule has 0 unspecified atom stereocenters. The number of amides is 1. The normalized spacial score (nSPS) is 11.5. The Balaban J connectivity index is 1.97. The summed E-state index contributed by atoms with van der Waals surface area (Å²) in [6, 6.07) is 11.0. The first-order valence-corrected chi connectivity index (χ1v) is 10.2. The van der Waals surface area contributed by atoms with Gasteiger partial charge in [0.2, 0.25) is 0 Å². The third-order valence-corrected chi connectivity index (χ3v) is 5.72. The Kier molecular flexibility index (Phi) is 6.71. The molecule has 0 saturated heterocycles. The fourth-order valence-corrected chi connectivity index (χ4v) is 4.39. The SMILES string of the molecule is COC(=O)Cn1c(=NC(=O)Cc2ccc(OC)c(OC)c2)sc2cc(Br)ccc21. The number of hydrogen-bond donors (Lipinski definition) is 0. The fourth-order valence-electron chi connectivity index (χ4n) is 2.79. The van der Waals surface area contributed by atoms with Crippen LogP contribution in [0.3, 0.4) is 0 Å². The average Bonchev–Trinajstić information content (AvgIpc) is 3.03. The lowest BCUT2D eigenvalue weighted by Gasteiger charge is -2.08. The van der Waals surface area contributed by atoms with Gasteiger partial charge < -0.3 is 18.8 Å². The molecule has 0 aliphatic rings. The van der Waals surface area contributed by atoms with Crippen LogP contribution >= 0.6 is 27.3 Å². The minimum Gasteiger partial charge on any atom is -0.493 e. The lowest BCUT2D eigenvalue weighted by molar-refractivity contribution is -0.141. The monoisotopic (exact) mass is 478 g/mol. The number of halogens is 1. The fraction of sp³-hybridized carbons (Fsp3) is 0.250. The Bertz CT molecular complexity index is 1140. The summed E-state index contributed by atoms with van der Waals surface area (Å²) in [5.74, 6) is 0.389. The predicted octanol–water partition coefficient (Wildman–Crippen LogP) is 3.33. The van der Waals surface area contributed by atoms with Crippen molar-refractivity contribution >= 4 is 49.4 Å². The molecular weight excluding hydrogens is 460 g/mol. The van der Waals surface area contributed by atoms with Crippen LogP contribution in [0, 0.1) is 0 Å². The highest BCUT2D eigenvalue weighted by atomic mass is 79.9. The van der Waals surface area contributed by atoms with E-state index in [0.29, 0.717) is 16.3 Å². The van der Waals surface area contributed by atoms with Gasteiger partial charge in [-0.15, -0.1) is 0 Å². The number of nitrogens with zero attached hydrogens (tertiary/aromatic N) is 2. The Labute approximate surface area is 179 Å². The zero-order valence-corrected chi connectivity index (χ0v) is 18.5. The number of fused-ring (bicyclic) bond motifs is 1. The lowest BCUT2D eigenvalue weighted by atomic mass is 10.1. The molecule has 2 aromatic carbocycles. The summed E-state index contributed by atoms with van der Waals surface area (Å²) in [7, 11) is 4.42. The van der Waals surface area contributed by atoms with Crippen LogP contribution < -0.4 is 14.3 Å². The van der Waals surface area contributed by atoms with Gasteiger partial charge in [0.15, 0.2) is 16.3 Å². The van der Waals surface area contributed by atoms with Gasteiger partial charge in [0.25, 0.3) is 5.91 Å². The van der Waals surface area contributed by atoms with Crippen LogP contribution in [0.25, 0.3) is 10.2 Å². The maximum Gasteiger partial charge on any atom is 0.325 e. The average molecular weight is 479 g/mol. The first-order chi connectivity index (χ1) is 13.9. The van der Waals surface area contributed by atoms with E-state index in [1.165, 1.54) is 18.4 Å². The van der Waals surface area contributed by atoms with Crippen molar-refractivity contribution in [3.8, 4) is 11.5 Å². The van der Waals surface area contributed by atoms with E-state index in [9.17, 15) is 9.59 Å². The van der Waals surface area contributed by atoms with Gasteiger partial charge in [-0.1, -0.05) is 33.3 Å². The number of benzene rings is 2. The molecule has 1 heterocycles. The van der Waals surface area contributed by atoms with E-state index < -0.39 is 5.97 Å². The number of aromatic nitrogens is 1. The van der Waals surface area contributed by atoms with Crippen LogP contribution in [0.4, 0.5) is 0 Å². The van der Waals surface area contributed by atoms with Gasteiger partial charge in [0.05, 0.1) is 38.0 Å². The van der Waals surface area contributed by atoms with Crippen molar-refractivity contribution in [3.05, 3.63) is 51.2 Å². The Hall–Kier alpha value is -2.65. The van der Waals surface area contributed by atoms with E-state index in [-0.39, 0.29) is 18.9 Å². The molecular formula is C20H19BrN2O5S. The number of thiazole rings is 1. The van der Waals surface area contributed by atoms with Gasteiger partial charge >= 0.3 is 5.97 Å². The number of carbonyl (C=O) groups excluding carboxylic acids is 2. The number of ether oxygens (including phenoxy) is 3. The van der Waals surface area contributed by atoms with Crippen molar-refractivity contribution in [1.29, 1.82) is 0 Å². The molecule has 0 spiro atoms. The van der Waals surface area contributed by atoms with E-state index >= 15 is 0 Å². The molecule has 0 saturated carbocycles. The minimum absolute atomic E-state index is 0.0272. The summed E-state index contributed by atoms with van der Waals surface area (Å²) in [5, 5.41) is 0. The van der Waals surface area contributed by atoms with Crippen molar-refractivity contribution < 1.29 is 23.8 Å². The number of esters is 1. The summed E-state index contributed by atoms with van der Waals surface area (Å²) >= 11 is 4.77. The number of hydrogen-bond acceptors (Lipinski definition) is 6. The molecule has 3 rings (SSSR count). The molecule has 9 heteroatoms. The summed E-state index contributed by atoms with van der Waals surface area (Å²) in [6.07, 6.45) is 0.0938. The maximum atomic E-state index is 12.6. The van der Waals surface area contributed by atoms with Gasteiger partial charge in [0, 0.05) is 4.47 Å². The maximum absolute atomic E-state index is 12.6. The van der Waals surface area contributed by atoms with Gasteiger partial charge in [-0.25, -0.2) is 0 Å². The Morgan fingerprint density at radius 1 is 1.07 bits per heavy atom. The second-order valence-electron chi connectivity index (χ2n) is 6.03. The first-order valence-electron chi connectivity index (χ1n) is 8.59. The zero-order valence-electron chi connectivity index (χ0n) is 16.1. The summed E-state index contributed by atoms with van der Waals surface area (Å²) in [6.45, 7) is -0.0272. The molecule has 0 radical (unpaired) electrons. The van der Waals surface area contributed by atoms with Crippen molar-refractivity contribution in [1.82, 2.24) is 4.57 Å². The number of rotatable bonds is 6. The molecule has 1 amide bonds. The van der Waals surface area contributed by atoms with Gasteiger partial charge in [-0.05, 0) is 35.9 Å². The molecule has 3 aromatic rings. The number of methoxy groups -OCH3 is 3. The molecule has 0 fully saturated rings. The van der Waals surface area contributed by atoms with Crippen molar-refractivity contribution in [2.75, 3.05) is 21.3 Å². The van der Waals surface area contributed by atoms with Crippen molar-refractivity contribution in [2.45, 2.75) is 13.0 Å². The highest BCUT2D eigenvalue weighted by Crippen LogP contribution is 2.28. The number of carbonyl (C=O) groups is 2. The van der Waals surface area contributed by atoms with Gasteiger partial charge in [0.1, 0.15) is 6.54 Å². The third-order valence-electron chi connectivity index (χ3n) is 4.18. The molecule has 0 aliphatic heterocycles. The van der Waals surface area contributed by atoms with Crippen LogP contribution in [0.1, 0.15) is 5.56 Å². The largest absolute Gasteiger partial charge is 0.493 e. The molecule has 152 valence electrons. The third kappa shape index (κ3) is 4.86. The van der Waals surface area contributed by atoms with Gasteiger partial charge in [-0.2, -0.15) is 4.99 Å². The quantitative estimate of drug-likeness (QED) is 0.507. The Morgan fingerprint density at radius 3 is 2.52 bits per heavy atom. The zero-order chi connectivity index (χ0) is 21.0. The smallest absolute Gasteiger partial charge is 0.325 e. The van der Waals surface area contributed by atoms with Crippen LogP contribution in [0.5, 0.6) is 11.5 Å². The highest BCUT2D eigenvalue weighted by Gasteiger charge is 2.13. The molecule has 0 bridgehead atoms. The Morgan fingerprint density at radius 2 is 1.83 bits per heavy atom. The van der Waals surface area contributed by atoms with Crippen molar-refractivity contribution in [2.24, 2.45) is 4.99 Å². The predicted molar refractivity (Wildman–Crippen MR) is 113 cm³/mol. The molecule has 29 heavy (non-hydrogen) atoms. The van der Waals surface area contributed by atoms with E-state index in [2.05, 4.69) is 20.9 Å². The van der Waals surface area contributed by atoms with E-state index in [1.807, 2.05) is 18.2 Å². The van der Waals surface area contributed by atoms with Crippen LogP contribution in [-0.4, -0.2) is 37.8 Å². The molecule has 0 N–H and O–H groups in total. The van der Waals surface area contributed by atoms with Gasteiger partial charge in [-0.3, -0.25) is 9.59 Å². The van der Waals surface area contributed by atoms with E-state index in [1.54, 1.807) is 37.0 Å². The molecule has 0 aliphatic carbocycles. The molecule has 7 nitrogen and oxygen atoms in total. The van der Waals surface area contributed by atoms with Crippen LogP contribution in [-0.2, 0) is 27.3 Å². The van der Waals surface area contributed by atoms with Crippen molar-refractivity contribution in [3.63, 3.8) is 0 Å².